The molecule has 0 fully saturated rings. The van der Waals surface area contributed by atoms with Gasteiger partial charge >= 0.3 is 0 Å². The average molecular weight is 273 g/mol. The highest BCUT2D eigenvalue weighted by Crippen LogP contribution is 2.31. The monoisotopic (exact) mass is 273 g/mol. The van der Waals surface area contributed by atoms with Crippen molar-refractivity contribution in [3.8, 4) is 0 Å². The molecule has 0 saturated heterocycles. The largest absolute Gasteiger partial charge is 0.349 e. The number of nitrogens with one attached hydrogen (secondary N) is 1. The Hall–Kier alpha value is -1.31. The highest BCUT2D eigenvalue weighted by molar-refractivity contribution is 5.76. The number of amides is 1. The van der Waals surface area contributed by atoms with Gasteiger partial charge in [-0.25, -0.2) is 0 Å². The predicted molar refractivity (Wildman–Crippen MR) is 83.6 cm³/mol. The molecule has 1 aliphatic rings. The second kappa shape index (κ2) is 6.43. The Kier molecular flexibility index (Phi) is 4.85. The maximum absolute atomic E-state index is 12.1. The molecule has 0 bridgehead atoms. The lowest BCUT2D eigenvalue weighted by molar-refractivity contribution is -0.122. The maximum Gasteiger partial charge on any atom is 0.220 e. The lowest BCUT2D eigenvalue weighted by Crippen LogP contribution is -2.28. The normalized spacial score (nSPS) is 17.9. The Balaban J connectivity index is 1.84. The maximum atomic E-state index is 12.1. The molecular weight excluding hydrogens is 246 g/mol. The zero-order valence-corrected chi connectivity index (χ0v) is 13.0. The Morgan fingerprint density at radius 1 is 1.30 bits per heavy atom. The Bertz CT molecular complexity index is 464. The topological polar surface area (TPSA) is 29.1 Å². The number of benzene rings is 1. The van der Waals surface area contributed by atoms with Crippen LogP contribution in [-0.2, 0) is 11.2 Å². The van der Waals surface area contributed by atoms with E-state index in [1.54, 1.807) is 0 Å². The summed E-state index contributed by atoms with van der Waals surface area (Å²) in [7, 11) is 0. The molecule has 2 nitrogen and oxygen atoms in total. The van der Waals surface area contributed by atoms with Crippen molar-refractivity contribution in [3.05, 3.63) is 35.4 Å². The SMILES string of the molecule is CCCC(C)(C)CCC(=O)NC1CCc2ccccc21. The average Bonchev–Trinajstić information content (AvgIpc) is 2.80. The van der Waals surface area contributed by atoms with Crippen LogP contribution in [0.2, 0.25) is 0 Å². The minimum atomic E-state index is 0.205. The molecule has 1 aliphatic carbocycles. The van der Waals surface area contributed by atoms with Gasteiger partial charge in [0.2, 0.25) is 5.91 Å². The van der Waals surface area contributed by atoms with Crippen LogP contribution in [0.4, 0.5) is 0 Å². The van der Waals surface area contributed by atoms with Gasteiger partial charge in [0.25, 0.3) is 0 Å². The fourth-order valence-corrected chi connectivity index (χ4v) is 3.23. The van der Waals surface area contributed by atoms with Crippen LogP contribution in [0.15, 0.2) is 24.3 Å². The van der Waals surface area contributed by atoms with Crippen molar-refractivity contribution in [1.29, 1.82) is 0 Å². The van der Waals surface area contributed by atoms with Crippen molar-refractivity contribution in [2.75, 3.05) is 0 Å². The second-order valence-corrected chi connectivity index (χ2v) is 6.77. The zero-order valence-electron chi connectivity index (χ0n) is 13.0. The van der Waals surface area contributed by atoms with Gasteiger partial charge < -0.3 is 5.32 Å². The number of aryl methyl sites for hydroxylation is 1. The smallest absolute Gasteiger partial charge is 0.220 e. The third kappa shape index (κ3) is 3.84. The molecule has 1 unspecified atom stereocenters. The van der Waals surface area contributed by atoms with Gasteiger partial charge in [-0.3, -0.25) is 4.79 Å². The lowest BCUT2D eigenvalue weighted by Gasteiger charge is -2.24. The first-order valence-corrected chi connectivity index (χ1v) is 7.89. The van der Waals surface area contributed by atoms with Crippen molar-refractivity contribution < 1.29 is 4.79 Å². The number of rotatable bonds is 6. The van der Waals surface area contributed by atoms with Crippen molar-refractivity contribution in [2.24, 2.45) is 5.41 Å². The summed E-state index contributed by atoms with van der Waals surface area (Å²) in [5.41, 5.74) is 2.98. The first-order chi connectivity index (χ1) is 9.52. The van der Waals surface area contributed by atoms with Crippen LogP contribution in [0.3, 0.4) is 0 Å². The molecule has 0 saturated carbocycles. The minimum Gasteiger partial charge on any atom is -0.349 e. The van der Waals surface area contributed by atoms with Crippen LogP contribution in [0, 0.1) is 5.41 Å². The van der Waals surface area contributed by atoms with Gasteiger partial charge in [-0.05, 0) is 42.2 Å². The molecule has 1 amide bonds. The molecule has 2 rings (SSSR count). The predicted octanol–water partition coefficient (Wildman–Crippen LogP) is 4.40. The highest BCUT2D eigenvalue weighted by Gasteiger charge is 2.24. The summed E-state index contributed by atoms with van der Waals surface area (Å²) in [5, 5.41) is 3.21. The van der Waals surface area contributed by atoms with Crippen molar-refractivity contribution in [2.45, 2.75) is 65.3 Å². The van der Waals surface area contributed by atoms with Gasteiger partial charge in [-0.2, -0.15) is 0 Å². The molecule has 2 heteroatoms. The number of carbonyl (C=O) groups excluding carboxylic acids is 1. The Labute approximate surface area is 123 Å². The lowest BCUT2D eigenvalue weighted by atomic mass is 9.83. The van der Waals surface area contributed by atoms with Gasteiger partial charge in [-0.15, -0.1) is 0 Å². The third-order valence-corrected chi connectivity index (χ3v) is 4.42. The molecule has 0 aliphatic heterocycles. The van der Waals surface area contributed by atoms with E-state index >= 15 is 0 Å². The standard InChI is InChI=1S/C18H27NO/c1-4-12-18(2,3)13-11-17(20)19-16-10-9-14-7-5-6-8-15(14)16/h5-8,16H,4,9-13H2,1-3H3,(H,19,20). The second-order valence-electron chi connectivity index (χ2n) is 6.77. The molecule has 20 heavy (non-hydrogen) atoms. The van der Waals surface area contributed by atoms with Crippen LogP contribution in [0.1, 0.15) is 70.0 Å². The Morgan fingerprint density at radius 3 is 2.80 bits per heavy atom. The molecule has 0 spiro atoms. The summed E-state index contributed by atoms with van der Waals surface area (Å²) in [6.07, 6.45) is 6.12. The van der Waals surface area contributed by atoms with Crippen molar-refractivity contribution in [1.82, 2.24) is 5.32 Å². The fourth-order valence-electron chi connectivity index (χ4n) is 3.23. The molecule has 0 radical (unpaired) electrons. The molecule has 1 N–H and O–H groups in total. The van der Waals surface area contributed by atoms with E-state index in [1.807, 2.05) is 0 Å². The molecule has 1 atom stereocenters. The van der Waals surface area contributed by atoms with Crippen molar-refractivity contribution >= 4 is 5.91 Å². The van der Waals surface area contributed by atoms with E-state index in [0.717, 1.165) is 19.3 Å². The number of hydrogen-bond donors (Lipinski definition) is 1. The van der Waals surface area contributed by atoms with Gasteiger partial charge in [0.1, 0.15) is 0 Å². The van der Waals surface area contributed by atoms with Crippen molar-refractivity contribution in [3.63, 3.8) is 0 Å². The number of fused-ring (bicyclic) bond motifs is 1. The van der Waals surface area contributed by atoms with E-state index < -0.39 is 0 Å². The van der Waals surface area contributed by atoms with E-state index in [9.17, 15) is 4.79 Å². The summed E-state index contributed by atoms with van der Waals surface area (Å²) in [5.74, 6) is 0.205. The van der Waals surface area contributed by atoms with E-state index in [-0.39, 0.29) is 17.4 Å². The molecule has 1 aromatic carbocycles. The van der Waals surface area contributed by atoms with Crippen LogP contribution in [0.25, 0.3) is 0 Å². The first-order valence-electron chi connectivity index (χ1n) is 7.89. The summed E-state index contributed by atoms with van der Waals surface area (Å²) < 4.78 is 0. The van der Waals surface area contributed by atoms with E-state index in [0.29, 0.717) is 6.42 Å². The van der Waals surface area contributed by atoms with Crippen LogP contribution in [0.5, 0.6) is 0 Å². The molecule has 1 aromatic rings. The summed E-state index contributed by atoms with van der Waals surface area (Å²) in [6, 6.07) is 8.69. The zero-order chi connectivity index (χ0) is 14.6. The van der Waals surface area contributed by atoms with E-state index in [4.69, 9.17) is 0 Å². The summed E-state index contributed by atoms with van der Waals surface area (Å²) in [4.78, 5) is 12.1. The Morgan fingerprint density at radius 2 is 2.05 bits per heavy atom. The number of hydrogen-bond acceptors (Lipinski definition) is 1. The van der Waals surface area contributed by atoms with E-state index in [2.05, 4.69) is 50.4 Å². The van der Waals surface area contributed by atoms with Gasteiger partial charge in [0.05, 0.1) is 6.04 Å². The van der Waals surface area contributed by atoms with Crippen LogP contribution in [-0.4, -0.2) is 5.91 Å². The quantitative estimate of drug-likeness (QED) is 0.818. The highest BCUT2D eigenvalue weighted by atomic mass is 16.1. The first kappa shape index (κ1) is 15.1. The summed E-state index contributed by atoms with van der Waals surface area (Å²) in [6.45, 7) is 6.72. The van der Waals surface area contributed by atoms with Crippen LogP contribution < -0.4 is 5.32 Å². The van der Waals surface area contributed by atoms with Crippen LogP contribution >= 0.6 is 0 Å². The number of carbonyl (C=O) groups is 1. The van der Waals surface area contributed by atoms with Gasteiger partial charge in [0.15, 0.2) is 0 Å². The minimum absolute atomic E-state index is 0.205. The fraction of sp³-hybridized carbons (Fsp3) is 0.611. The van der Waals surface area contributed by atoms with Gasteiger partial charge in [0, 0.05) is 6.42 Å². The molecule has 0 aromatic heterocycles. The summed E-state index contributed by atoms with van der Waals surface area (Å²) >= 11 is 0. The third-order valence-electron chi connectivity index (χ3n) is 4.42. The molecule has 0 heterocycles. The molecule has 110 valence electrons. The molecular formula is C18H27NO. The van der Waals surface area contributed by atoms with E-state index in [1.165, 1.54) is 24.0 Å². The van der Waals surface area contributed by atoms with Gasteiger partial charge in [-0.1, -0.05) is 51.5 Å².